The van der Waals surface area contributed by atoms with E-state index in [4.69, 9.17) is 4.74 Å². The van der Waals surface area contributed by atoms with Crippen LogP contribution in [0.1, 0.15) is 22.8 Å². The molecule has 0 aliphatic carbocycles. The molecule has 0 bridgehead atoms. The second-order valence-electron chi connectivity index (χ2n) is 5.55. The predicted molar refractivity (Wildman–Crippen MR) is 90.9 cm³/mol. The predicted octanol–water partition coefficient (Wildman–Crippen LogP) is 2.71. The summed E-state index contributed by atoms with van der Waals surface area (Å²) < 4.78 is 6.40. The fraction of sp³-hybridized carbons (Fsp3) is 0.278. The van der Waals surface area contributed by atoms with Crippen molar-refractivity contribution in [3.63, 3.8) is 0 Å². The molecule has 1 unspecified atom stereocenters. The molecule has 22 heavy (non-hydrogen) atoms. The average Bonchev–Trinajstić information content (AvgIpc) is 2.47. The number of rotatable bonds is 6. The molecule has 0 heterocycles. The summed E-state index contributed by atoms with van der Waals surface area (Å²) in [6.45, 7) is 3.62. The third-order valence-electron chi connectivity index (χ3n) is 3.35. The molecule has 0 spiro atoms. The van der Waals surface area contributed by atoms with Gasteiger partial charge in [-0.1, -0.05) is 52.3 Å². The van der Waals surface area contributed by atoms with Gasteiger partial charge in [-0.3, -0.25) is 0 Å². The van der Waals surface area contributed by atoms with Crippen LogP contribution in [0.3, 0.4) is 0 Å². The lowest BCUT2D eigenvalue weighted by atomic mass is 10.2. The summed E-state index contributed by atoms with van der Waals surface area (Å²) in [5.41, 5.74) is 1.85. The second-order valence-corrected chi connectivity index (χ2v) is 6.47. The first-order valence-electron chi connectivity index (χ1n) is 7.36. The van der Waals surface area contributed by atoms with Crippen molar-refractivity contribution in [2.24, 2.45) is 0 Å². The highest BCUT2D eigenvalue weighted by Crippen LogP contribution is 2.13. The summed E-state index contributed by atoms with van der Waals surface area (Å²) in [7, 11) is 2.11. The molecule has 0 aliphatic heterocycles. The van der Waals surface area contributed by atoms with Gasteiger partial charge in [0.15, 0.2) is 0 Å². The van der Waals surface area contributed by atoms with Gasteiger partial charge in [-0.05, 0) is 25.1 Å². The smallest absolute Gasteiger partial charge is 0.338 e. The van der Waals surface area contributed by atoms with E-state index in [1.165, 1.54) is 10.5 Å². The molecule has 2 rings (SSSR count). The number of carbonyl (C=O) groups excluding carboxylic acids is 1. The molecule has 116 valence electrons. The minimum absolute atomic E-state index is 0.129. The Morgan fingerprint density at radius 1 is 1.18 bits per heavy atom. The zero-order chi connectivity index (χ0) is 15.9. The van der Waals surface area contributed by atoms with Gasteiger partial charge < -0.3 is 9.64 Å². The van der Waals surface area contributed by atoms with Crippen LogP contribution in [0.4, 0.5) is 0 Å². The molecule has 0 saturated carbocycles. The molecule has 0 amide bonds. The average molecular weight is 363 g/mol. The van der Waals surface area contributed by atoms with Crippen LogP contribution in [0, 0.1) is 0 Å². The first kappa shape index (κ1) is 16.7. The van der Waals surface area contributed by atoms with E-state index in [0.29, 0.717) is 5.56 Å². The zero-order valence-electron chi connectivity index (χ0n) is 12.9. The highest BCUT2D eigenvalue weighted by Gasteiger charge is 2.16. The van der Waals surface area contributed by atoms with Crippen LogP contribution in [0.25, 0.3) is 0 Å². The fourth-order valence-electron chi connectivity index (χ4n) is 2.42. The van der Waals surface area contributed by atoms with E-state index in [1.807, 2.05) is 37.3 Å². The molecule has 2 aromatic carbocycles. The fourth-order valence-corrected chi connectivity index (χ4v) is 2.81. The van der Waals surface area contributed by atoms with Gasteiger partial charge in [-0.2, -0.15) is 0 Å². The van der Waals surface area contributed by atoms with Crippen molar-refractivity contribution in [3.8, 4) is 0 Å². The number of hydrogen-bond acceptors (Lipinski definition) is 2. The number of halogens is 1. The van der Waals surface area contributed by atoms with Crippen LogP contribution < -0.4 is 4.90 Å². The SMILES string of the molecule is C[C@@H](C[NH+](C)Cc1ccccc1)OC(=O)c1cccc(Br)c1. The Morgan fingerprint density at radius 2 is 1.91 bits per heavy atom. The largest absolute Gasteiger partial charge is 0.453 e. The maximum absolute atomic E-state index is 12.1. The molecule has 0 aliphatic rings. The molecule has 4 heteroatoms. The summed E-state index contributed by atoms with van der Waals surface area (Å²) in [5.74, 6) is -0.277. The normalized spacial score (nSPS) is 13.4. The molecule has 0 saturated heterocycles. The molecule has 0 aromatic heterocycles. The lowest BCUT2D eigenvalue weighted by Gasteiger charge is -2.19. The summed E-state index contributed by atoms with van der Waals surface area (Å²) in [6, 6.07) is 17.6. The van der Waals surface area contributed by atoms with Gasteiger partial charge in [-0.25, -0.2) is 4.79 Å². The maximum Gasteiger partial charge on any atom is 0.338 e. The number of ether oxygens (including phenoxy) is 1. The van der Waals surface area contributed by atoms with Gasteiger partial charge in [0.05, 0.1) is 12.6 Å². The molecule has 0 fully saturated rings. The Kier molecular flexibility index (Phi) is 6.16. The Labute approximate surface area is 140 Å². The first-order valence-corrected chi connectivity index (χ1v) is 8.15. The van der Waals surface area contributed by atoms with E-state index in [2.05, 4.69) is 35.1 Å². The highest BCUT2D eigenvalue weighted by atomic mass is 79.9. The van der Waals surface area contributed by atoms with E-state index in [-0.39, 0.29) is 12.1 Å². The first-order chi connectivity index (χ1) is 10.5. The Hall–Kier alpha value is -1.65. The van der Waals surface area contributed by atoms with Gasteiger partial charge in [0.2, 0.25) is 0 Å². The zero-order valence-corrected chi connectivity index (χ0v) is 14.5. The quantitative estimate of drug-likeness (QED) is 0.801. The van der Waals surface area contributed by atoms with E-state index in [1.54, 1.807) is 12.1 Å². The van der Waals surface area contributed by atoms with Crippen LogP contribution in [0.5, 0.6) is 0 Å². The molecular formula is C18H21BrNO2+. The Balaban J connectivity index is 1.84. The second kappa shape index (κ2) is 8.11. The van der Waals surface area contributed by atoms with Crippen molar-refractivity contribution in [1.82, 2.24) is 0 Å². The number of likely N-dealkylation sites (N-methyl/N-ethyl adjacent to an activating group) is 1. The number of carbonyl (C=O) groups is 1. The number of esters is 1. The van der Waals surface area contributed by atoms with Gasteiger partial charge in [-0.15, -0.1) is 0 Å². The molecule has 2 atom stereocenters. The Morgan fingerprint density at radius 3 is 2.59 bits per heavy atom. The van der Waals surface area contributed by atoms with Gasteiger partial charge >= 0.3 is 5.97 Å². The van der Waals surface area contributed by atoms with Crippen LogP contribution >= 0.6 is 15.9 Å². The van der Waals surface area contributed by atoms with Crippen LogP contribution in [-0.2, 0) is 11.3 Å². The summed E-state index contributed by atoms with van der Waals surface area (Å²) >= 11 is 3.36. The number of nitrogens with one attached hydrogen (secondary N) is 1. The minimum Gasteiger partial charge on any atom is -0.453 e. The number of benzene rings is 2. The van der Waals surface area contributed by atoms with E-state index in [0.717, 1.165) is 17.6 Å². The van der Waals surface area contributed by atoms with E-state index < -0.39 is 0 Å². The molecular weight excluding hydrogens is 342 g/mol. The van der Waals surface area contributed by atoms with Gasteiger partial charge in [0.25, 0.3) is 0 Å². The van der Waals surface area contributed by atoms with E-state index >= 15 is 0 Å². The summed E-state index contributed by atoms with van der Waals surface area (Å²) in [6.07, 6.45) is -0.129. The van der Waals surface area contributed by atoms with Gasteiger partial charge in [0.1, 0.15) is 19.2 Å². The molecule has 2 aromatic rings. The maximum atomic E-state index is 12.1. The van der Waals surface area contributed by atoms with Crippen molar-refractivity contribution in [2.75, 3.05) is 13.6 Å². The van der Waals surface area contributed by atoms with Crippen LogP contribution in [0.2, 0.25) is 0 Å². The monoisotopic (exact) mass is 362 g/mol. The lowest BCUT2D eigenvalue weighted by molar-refractivity contribution is -0.896. The van der Waals surface area contributed by atoms with Gasteiger partial charge in [0, 0.05) is 10.0 Å². The molecule has 3 nitrogen and oxygen atoms in total. The van der Waals surface area contributed by atoms with Crippen LogP contribution in [-0.4, -0.2) is 25.7 Å². The Bertz CT molecular complexity index is 615. The topological polar surface area (TPSA) is 30.7 Å². The summed E-state index contributed by atoms with van der Waals surface area (Å²) in [4.78, 5) is 13.4. The third kappa shape index (κ3) is 5.28. The molecule has 1 N–H and O–H groups in total. The van der Waals surface area contributed by atoms with Crippen molar-refractivity contribution >= 4 is 21.9 Å². The molecule has 0 radical (unpaired) electrons. The van der Waals surface area contributed by atoms with Crippen molar-refractivity contribution < 1.29 is 14.4 Å². The highest BCUT2D eigenvalue weighted by molar-refractivity contribution is 9.10. The number of quaternary nitrogens is 1. The van der Waals surface area contributed by atoms with E-state index in [9.17, 15) is 4.79 Å². The van der Waals surface area contributed by atoms with Crippen molar-refractivity contribution in [2.45, 2.75) is 19.6 Å². The van der Waals surface area contributed by atoms with Crippen molar-refractivity contribution in [3.05, 3.63) is 70.2 Å². The minimum atomic E-state index is -0.277. The number of hydrogen-bond donors (Lipinski definition) is 1. The standard InChI is InChI=1S/C18H20BrNO2/c1-14(12-20(2)13-15-7-4-3-5-8-15)22-18(21)16-9-6-10-17(19)11-16/h3-11,14H,12-13H2,1-2H3/p+1/t14-/m0/s1. The van der Waals surface area contributed by atoms with Crippen molar-refractivity contribution in [1.29, 1.82) is 0 Å². The summed E-state index contributed by atoms with van der Waals surface area (Å²) in [5, 5.41) is 0. The lowest BCUT2D eigenvalue weighted by Crippen LogP contribution is -3.08. The van der Waals surface area contributed by atoms with Crippen LogP contribution in [0.15, 0.2) is 59.1 Å². The third-order valence-corrected chi connectivity index (χ3v) is 3.85.